The SMILES string of the molecule is c1cc(-c2ccc(-c3cc(-c4ccc5ccccc5c4)nc(-c4ccc5ccccc5c4)n3)cc2)cc(-c2nc3ccccc3c3c2ccc2c4ccccc4oc23)c1. The van der Waals surface area contributed by atoms with Crippen LogP contribution in [0, 0.1) is 0 Å². The van der Waals surface area contributed by atoms with Gasteiger partial charge in [-0.15, -0.1) is 0 Å². The Labute approximate surface area is 339 Å². The second-order valence-electron chi connectivity index (χ2n) is 15.2. The molecule has 4 heteroatoms. The van der Waals surface area contributed by atoms with Crippen LogP contribution in [0.1, 0.15) is 0 Å². The van der Waals surface area contributed by atoms with E-state index in [0.29, 0.717) is 5.82 Å². The zero-order chi connectivity index (χ0) is 38.9. The molecule has 12 rings (SSSR count). The highest BCUT2D eigenvalue weighted by atomic mass is 16.3. The second-order valence-corrected chi connectivity index (χ2v) is 15.2. The molecule has 0 bridgehead atoms. The third-order valence-corrected chi connectivity index (χ3v) is 11.6. The lowest BCUT2D eigenvalue weighted by Crippen LogP contribution is -1.96. The van der Waals surface area contributed by atoms with Crippen LogP contribution in [0.2, 0.25) is 0 Å². The van der Waals surface area contributed by atoms with E-state index in [4.69, 9.17) is 19.4 Å². The van der Waals surface area contributed by atoms with Crippen LogP contribution in [0.4, 0.5) is 0 Å². The average Bonchev–Trinajstić information content (AvgIpc) is 3.70. The van der Waals surface area contributed by atoms with Gasteiger partial charge in [-0.2, -0.15) is 0 Å². The van der Waals surface area contributed by atoms with E-state index in [2.05, 4.69) is 188 Å². The van der Waals surface area contributed by atoms with Gasteiger partial charge >= 0.3 is 0 Å². The second kappa shape index (κ2) is 13.3. The Kier molecular flexibility index (Phi) is 7.50. The molecule has 0 saturated heterocycles. The van der Waals surface area contributed by atoms with Crippen molar-refractivity contribution in [2.24, 2.45) is 0 Å². The predicted octanol–water partition coefficient (Wildman–Crippen LogP) is 14.7. The van der Waals surface area contributed by atoms with Crippen molar-refractivity contribution in [3.63, 3.8) is 0 Å². The van der Waals surface area contributed by atoms with Crippen LogP contribution in [0.5, 0.6) is 0 Å². The van der Waals surface area contributed by atoms with Crippen molar-refractivity contribution in [1.82, 2.24) is 15.0 Å². The van der Waals surface area contributed by atoms with E-state index >= 15 is 0 Å². The van der Waals surface area contributed by atoms with E-state index in [1.807, 2.05) is 12.1 Å². The topological polar surface area (TPSA) is 51.8 Å². The highest BCUT2D eigenvalue weighted by Crippen LogP contribution is 2.41. The van der Waals surface area contributed by atoms with Crippen molar-refractivity contribution in [2.75, 3.05) is 0 Å². The van der Waals surface area contributed by atoms with Crippen molar-refractivity contribution in [2.45, 2.75) is 0 Å². The molecule has 0 spiro atoms. The molecule has 0 radical (unpaired) electrons. The number of benzene rings is 9. The smallest absolute Gasteiger partial charge is 0.160 e. The van der Waals surface area contributed by atoms with E-state index in [9.17, 15) is 0 Å². The van der Waals surface area contributed by atoms with Gasteiger partial charge in [0.2, 0.25) is 0 Å². The maximum Gasteiger partial charge on any atom is 0.160 e. The highest BCUT2D eigenvalue weighted by molar-refractivity contribution is 6.24. The van der Waals surface area contributed by atoms with Crippen molar-refractivity contribution >= 4 is 65.2 Å². The Bertz CT molecular complexity index is 3520. The molecular weight excluding hydrogens is 719 g/mol. The molecular formula is C55H33N3O. The van der Waals surface area contributed by atoms with E-state index in [0.717, 1.165) is 99.5 Å². The van der Waals surface area contributed by atoms with Crippen molar-refractivity contribution in [1.29, 1.82) is 0 Å². The number of aromatic nitrogens is 3. The maximum absolute atomic E-state index is 6.57. The van der Waals surface area contributed by atoms with Crippen LogP contribution in [-0.2, 0) is 0 Å². The first-order valence-corrected chi connectivity index (χ1v) is 19.9. The minimum Gasteiger partial charge on any atom is -0.455 e. The molecule has 3 heterocycles. The number of hydrogen-bond donors (Lipinski definition) is 0. The summed E-state index contributed by atoms with van der Waals surface area (Å²) in [7, 11) is 0. The number of para-hydroxylation sites is 2. The van der Waals surface area contributed by atoms with E-state index in [1.54, 1.807) is 0 Å². The summed E-state index contributed by atoms with van der Waals surface area (Å²) in [6.07, 6.45) is 0. The summed E-state index contributed by atoms with van der Waals surface area (Å²) < 4.78 is 6.57. The van der Waals surface area contributed by atoms with Crippen LogP contribution in [-0.4, -0.2) is 15.0 Å². The van der Waals surface area contributed by atoms with Crippen LogP contribution in [0.15, 0.2) is 205 Å². The number of hydrogen-bond acceptors (Lipinski definition) is 4. The fraction of sp³-hybridized carbons (Fsp3) is 0. The van der Waals surface area contributed by atoms with Gasteiger partial charge in [0.25, 0.3) is 0 Å². The summed E-state index contributed by atoms with van der Waals surface area (Å²) in [4.78, 5) is 15.6. The van der Waals surface area contributed by atoms with Crippen molar-refractivity contribution in [3.8, 4) is 56.3 Å². The van der Waals surface area contributed by atoms with Crippen molar-refractivity contribution < 1.29 is 4.42 Å². The Hall–Kier alpha value is -7.95. The molecule has 12 aromatic rings. The van der Waals surface area contributed by atoms with Gasteiger partial charge in [-0.25, -0.2) is 15.0 Å². The standard InChI is InChI=1S/C55H33N3O/c1-3-12-38-30-41(26-22-34(38)10-1)50-33-49(57-55(58-50)43-27-23-35-11-2-4-13-39(35)32-43)37-24-20-36(21-25-37)40-14-9-15-42(31-40)53-47-29-28-45-44-16-6-8-19-51(44)59-54(45)52(47)46-17-5-7-18-48(46)56-53/h1-33H. The zero-order valence-electron chi connectivity index (χ0n) is 31.8. The van der Waals surface area contributed by atoms with Gasteiger partial charge < -0.3 is 4.42 Å². The third-order valence-electron chi connectivity index (χ3n) is 11.6. The third kappa shape index (κ3) is 5.65. The first-order valence-electron chi connectivity index (χ1n) is 19.9. The van der Waals surface area contributed by atoms with Crippen LogP contribution < -0.4 is 0 Å². The molecule has 0 fully saturated rings. The Morgan fingerprint density at radius 2 is 0.915 bits per heavy atom. The molecule has 0 unspecified atom stereocenters. The van der Waals surface area contributed by atoms with Crippen LogP contribution in [0.3, 0.4) is 0 Å². The van der Waals surface area contributed by atoms with Crippen LogP contribution >= 0.6 is 0 Å². The average molecular weight is 752 g/mol. The molecule has 0 aliphatic rings. The monoisotopic (exact) mass is 751 g/mol. The number of rotatable bonds is 5. The Balaban J connectivity index is 0.957. The molecule has 0 amide bonds. The summed E-state index contributed by atoms with van der Waals surface area (Å²) in [5.74, 6) is 0.697. The molecule has 0 atom stereocenters. The van der Waals surface area contributed by atoms with Gasteiger partial charge in [-0.3, -0.25) is 0 Å². The minimum absolute atomic E-state index is 0.697. The quantitative estimate of drug-likeness (QED) is 0.164. The number of pyridine rings is 1. The summed E-state index contributed by atoms with van der Waals surface area (Å²) in [6.45, 7) is 0. The Morgan fingerprint density at radius 3 is 1.71 bits per heavy atom. The maximum atomic E-state index is 6.57. The molecule has 274 valence electrons. The van der Waals surface area contributed by atoms with Gasteiger partial charge in [0.1, 0.15) is 11.2 Å². The molecule has 0 aliphatic carbocycles. The summed E-state index contributed by atoms with van der Waals surface area (Å²) in [5.41, 5.74) is 11.7. The summed E-state index contributed by atoms with van der Waals surface area (Å²) in [5, 5.41) is 10.2. The number of nitrogens with zero attached hydrogens (tertiary/aromatic N) is 3. The number of furan rings is 1. The van der Waals surface area contributed by atoms with Gasteiger partial charge in [0.05, 0.1) is 22.6 Å². The minimum atomic E-state index is 0.697. The molecule has 9 aromatic carbocycles. The highest BCUT2D eigenvalue weighted by Gasteiger charge is 2.18. The lowest BCUT2D eigenvalue weighted by molar-refractivity contribution is 0.673. The van der Waals surface area contributed by atoms with Gasteiger partial charge in [0, 0.05) is 49.2 Å². The van der Waals surface area contributed by atoms with E-state index in [-0.39, 0.29) is 0 Å². The molecule has 59 heavy (non-hydrogen) atoms. The Morgan fingerprint density at radius 1 is 0.322 bits per heavy atom. The van der Waals surface area contributed by atoms with Crippen LogP contribution in [0.25, 0.3) is 121 Å². The molecule has 4 nitrogen and oxygen atoms in total. The summed E-state index contributed by atoms with van der Waals surface area (Å²) >= 11 is 0. The molecule has 3 aromatic heterocycles. The van der Waals surface area contributed by atoms with E-state index < -0.39 is 0 Å². The van der Waals surface area contributed by atoms with Gasteiger partial charge in [0.15, 0.2) is 5.82 Å². The molecule has 0 aliphatic heterocycles. The predicted molar refractivity (Wildman–Crippen MR) is 244 cm³/mol. The zero-order valence-corrected chi connectivity index (χ0v) is 31.8. The first-order chi connectivity index (χ1) is 29.2. The van der Waals surface area contributed by atoms with Gasteiger partial charge in [-0.05, 0) is 75.1 Å². The largest absolute Gasteiger partial charge is 0.455 e. The number of fused-ring (bicyclic) bond motifs is 9. The van der Waals surface area contributed by atoms with E-state index in [1.165, 1.54) is 16.2 Å². The van der Waals surface area contributed by atoms with Gasteiger partial charge in [-0.1, -0.05) is 158 Å². The first kappa shape index (κ1) is 33.2. The lowest BCUT2D eigenvalue weighted by atomic mass is 9.95. The fourth-order valence-corrected chi connectivity index (χ4v) is 8.67. The molecule has 0 saturated carbocycles. The van der Waals surface area contributed by atoms with Crippen molar-refractivity contribution in [3.05, 3.63) is 200 Å². The summed E-state index contributed by atoms with van der Waals surface area (Å²) in [6, 6.07) is 70.3. The normalized spacial score (nSPS) is 11.7. The lowest BCUT2D eigenvalue weighted by Gasteiger charge is -2.13. The fourth-order valence-electron chi connectivity index (χ4n) is 8.67. The molecule has 0 N–H and O–H groups in total.